The molecule has 236 valence electrons. The molecule has 2 unspecified atom stereocenters. The highest BCUT2D eigenvalue weighted by atomic mass is 15.3. The van der Waals surface area contributed by atoms with Crippen LogP contribution >= 0.6 is 0 Å². The van der Waals surface area contributed by atoms with Crippen molar-refractivity contribution < 1.29 is 0 Å². The maximum Gasteiger partial charge on any atom is 0.131 e. The summed E-state index contributed by atoms with van der Waals surface area (Å²) in [6, 6.07) is 59.1. The third-order valence-corrected chi connectivity index (χ3v) is 10.3. The summed E-state index contributed by atoms with van der Waals surface area (Å²) in [4.78, 5) is 5.18. The maximum absolute atomic E-state index is 5.18. The first-order chi connectivity index (χ1) is 24.0. The van der Waals surface area contributed by atoms with Crippen molar-refractivity contribution in [2.75, 3.05) is 0 Å². The van der Waals surface area contributed by atoms with Crippen LogP contribution in [0.25, 0.3) is 44.2 Å². The van der Waals surface area contributed by atoms with Crippen molar-refractivity contribution in [1.29, 1.82) is 0 Å². The largest absolute Gasteiger partial charge is 0.350 e. The molecule has 1 aliphatic heterocycles. The Balaban J connectivity index is 1.07. The Labute approximate surface area is 288 Å². The summed E-state index contributed by atoms with van der Waals surface area (Å²) in [5.41, 5.74) is 13.6. The van der Waals surface area contributed by atoms with E-state index in [2.05, 4.69) is 182 Å². The van der Waals surface area contributed by atoms with E-state index in [1.165, 1.54) is 55.3 Å². The minimum atomic E-state index is -0.164. The average Bonchev–Trinajstić information content (AvgIpc) is 3.41. The highest BCUT2D eigenvalue weighted by Gasteiger charge is 2.36. The van der Waals surface area contributed by atoms with Gasteiger partial charge in [-0.15, -0.1) is 0 Å². The molecule has 9 rings (SSSR count). The number of benzene rings is 7. The zero-order chi connectivity index (χ0) is 33.0. The molecule has 0 bridgehead atoms. The molecule has 1 aliphatic carbocycles. The molecule has 7 aromatic rings. The Morgan fingerprint density at radius 1 is 0.510 bits per heavy atom. The average molecular weight is 632 g/mol. The van der Waals surface area contributed by atoms with Crippen LogP contribution in [-0.2, 0) is 5.41 Å². The van der Waals surface area contributed by atoms with E-state index >= 15 is 0 Å². The Bertz CT molecular complexity index is 2370. The van der Waals surface area contributed by atoms with Gasteiger partial charge in [-0.2, -0.15) is 0 Å². The van der Waals surface area contributed by atoms with Gasteiger partial charge < -0.3 is 5.32 Å². The molecular formula is C46H37N3. The third kappa shape index (κ3) is 5.15. The van der Waals surface area contributed by atoms with Crippen LogP contribution in [-0.4, -0.2) is 5.84 Å². The standard InChI is InChI=1S/C46H37N3/c1-46(2)40-26-24-30-13-9-10-22-38(30)42(40)39-25-23-36(29-41(39)46)34-19-11-18-33(27-34)35-20-12-21-37(28-35)45-48-43(31-14-5-3-6-15-31)47-44(49-45)32-16-7-4-8-17-32/h3-29,43-44,47H,1-2H3,(H,48,49). The molecule has 3 heteroatoms. The number of nitrogens with one attached hydrogen (secondary N) is 2. The summed E-state index contributed by atoms with van der Waals surface area (Å²) in [6.07, 6.45) is -0.234. The van der Waals surface area contributed by atoms with E-state index in [0.717, 1.165) is 22.5 Å². The van der Waals surface area contributed by atoms with Crippen LogP contribution in [0.5, 0.6) is 0 Å². The van der Waals surface area contributed by atoms with Gasteiger partial charge in [0.25, 0.3) is 0 Å². The second-order valence-corrected chi connectivity index (χ2v) is 13.7. The fraction of sp³-hybridized carbons (Fsp3) is 0.109. The van der Waals surface area contributed by atoms with Crippen molar-refractivity contribution in [3.8, 4) is 33.4 Å². The van der Waals surface area contributed by atoms with Gasteiger partial charge in [-0.3, -0.25) is 5.32 Å². The molecule has 1 heterocycles. The molecule has 3 nitrogen and oxygen atoms in total. The number of fused-ring (bicyclic) bond motifs is 5. The molecule has 7 aromatic carbocycles. The zero-order valence-corrected chi connectivity index (χ0v) is 27.7. The van der Waals surface area contributed by atoms with Crippen molar-refractivity contribution in [3.63, 3.8) is 0 Å². The van der Waals surface area contributed by atoms with Gasteiger partial charge in [0, 0.05) is 11.0 Å². The third-order valence-electron chi connectivity index (χ3n) is 10.3. The first-order valence-corrected chi connectivity index (χ1v) is 17.1. The van der Waals surface area contributed by atoms with Crippen LogP contribution in [0.1, 0.15) is 54.0 Å². The van der Waals surface area contributed by atoms with Gasteiger partial charge in [-0.1, -0.05) is 159 Å². The van der Waals surface area contributed by atoms with Gasteiger partial charge in [-0.25, -0.2) is 4.99 Å². The van der Waals surface area contributed by atoms with Crippen LogP contribution in [0.4, 0.5) is 0 Å². The fourth-order valence-electron chi connectivity index (χ4n) is 7.74. The van der Waals surface area contributed by atoms with E-state index in [1.807, 2.05) is 6.07 Å². The van der Waals surface area contributed by atoms with E-state index in [0.29, 0.717) is 0 Å². The lowest BCUT2D eigenvalue weighted by Crippen LogP contribution is -2.44. The summed E-state index contributed by atoms with van der Waals surface area (Å²) in [5.74, 6) is 0.882. The Kier molecular flexibility index (Phi) is 7.03. The lowest BCUT2D eigenvalue weighted by atomic mass is 9.81. The summed E-state index contributed by atoms with van der Waals surface area (Å²) < 4.78 is 0. The van der Waals surface area contributed by atoms with Crippen LogP contribution < -0.4 is 10.6 Å². The van der Waals surface area contributed by atoms with Gasteiger partial charge >= 0.3 is 0 Å². The molecule has 2 N–H and O–H groups in total. The summed E-state index contributed by atoms with van der Waals surface area (Å²) in [7, 11) is 0. The van der Waals surface area contributed by atoms with Crippen LogP contribution in [0, 0.1) is 0 Å². The monoisotopic (exact) mass is 631 g/mol. The highest BCUT2D eigenvalue weighted by molar-refractivity contribution is 6.03. The second-order valence-electron chi connectivity index (χ2n) is 13.7. The Hall–Kier alpha value is -5.77. The van der Waals surface area contributed by atoms with Crippen molar-refractivity contribution in [2.45, 2.75) is 31.6 Å². The Morgan fingerprint density at radius 3 is 1.86 bits per heavy atom. The zero-order valence-electron chi connectivity index (χ0n) is 27.7. The van der Waals surface area contributed by atoms with Gasteiger partial charge in [0.1, 0.15) is 18.2 Å². The van der Waals surface area contributed by atoms with Crippen LogP contribution in [0.15, 0.2) is 169 Å². The molecule has 2 aliphatic rings. The molecular weight excluding hydrogens is 595 g/mol. The highest BCUT2D eigenvalue weighted by Crippen LogP contribution is 2.52. The van der Waals surface area contributed by atoms with Gasteiger partial charge in [0.2, 0.25) is 0 Å². The number of amidine groups is 1. The van der Waals surface area contributed by atoms with E-state index < -0.39 is 0 Å². The first-order valence-electron chi connectivity index (χ1n) is 17.1. The van der Waals surface area contributed by atoms with E-state index in [1.54, 1.807) is 0 Å². The topological polar surface area (TPSA) is 36.4 Å². The number of hydrogen-bond acceptors (Lipinski definition) is 3. The van der Waals surface area contributed by atoms with Crippen LogP contribution in [0.3, 0.4) is 0 Å². The van der Waals surface area contributed by atoms with Gasteiger partial charge in [-0.05, 0) is 84.6 Å². The van der Waals surface area contributed by atoms with E-state index in [-0.39, 0.29) is 17.7 Å². The fourth-order valence-corrected chi connectivity index (χ4v) is 7.74. The number of nitrogens with zero attached hydrogens (tertiary/aromatic N) is 1. The minimum absolute atomic E-state index is 0.0703. The summed E-state index contributed by atoms with van der Waals surface area (Å²) >= 11 is 0. The molecule has 0 fully saturated rings. The van der Waals surface area contributed by atoms with Crippen LogP contribution in [0.2, 0.25) is 0 Å². The van der Waals surface area contributed by atoms with E-state index in [4.69, 9.17) is 4.99 Å². The summed E-state index contributed by atoms with van der Waals surface area (Å²) in [5, 5.41) is 10.0. The lowest BCUT2D eigenvalue weighted by molar-refractivity contribution is 0.409. The quantitative estimate of drug-likeness (QED) is 0.198. The maximum atomic E-state index is 5.18. The predicted octanol–water partition coefficient (Wildman–Crippen LogP) is 10.8. The summed E-state index contributed by atoms with van der Waals surface area (Å²) in [6.45, 7) is 4.72. The molecule has 0 spiro atoms. The molecule has 49 heavy (non-hydrogen) atoms. The van der Waals surface area contributed by atoms with Crippen molar-refractivity contribution in [1.82, 2.24) is 10.6 Å². The van der Waals surface area contributed by atoms with Crippen molar-refractivity contribution in [2.24, 2.45) is 4.99 Å². The normalized spacial score (nSPS) is 17.6. The second kappa shape index (κ2) is 11.7. The van der Waals surface area contributed by atoms with Gasteiger partial charge in [0.05, 0.1) is 0 Å². The molecule has 0 aromatic heterocycles. The smallest absolute Gasteiger partial charge is 0.131 e. The Morgan fingerprint density at radius 2 is 1.12 bits per heavy atom. The van der Waals surface area contributed by atoms with Crippen molar-refractivity contribution >= 4 is 16.6 Å². The number of hydrogen-bond donors (Lipinski definition) is 2. The molecule has 0 saturated heterocycles. The van der Waals surface area contributed by atoms with Gasteiger partial charge in [0.15, 0.2) is 0 Å². The molecule has 0 saturated carbocycles. The number of aliphatic imine (C=N–C) groups is 1. The molecule has 0 radical (unpaired) electrons. The number of rotatable bonds is 5. The lowest BCUT2D eigenvalue weighted by Gasteiger charge is -2.32. The molecule has 2 atom stereocenters. The predicted molar refractivity (Wildman–Crippen MR) is 204 cm³/mol. The van der Waals surface area contributed by atoms with Crippen molar-refractivity contribution in [3.05, 3.63) is 192 Å². The minimum Gasteiger partial charge on any atom is -0.350 e. The van der Waals surface area contributed by atoms with E-state index in [9.17, 15) is 0 Å². The first kappa shape index (κ1) is 29.4. The SMILES string of the molecule is CC1(C)c2cc(-c3cccc(-c4cccc(C5=NC(c6ccccc6)NC(c6ccccc6)N5)c4)c3)ccc2-c2c1ccc1ccccc21. The molecule has 0 amide bonds.